The summed E-state index contributed by atoms with van der Waals surface area (Å²) in [6.07, 6.45) is 4.64. The molecule has 2 aromatic heterocycles. The number of nitrogens with one attached hydrogen (secondary N) is 1. The van der Waals surface area contributed by atoms with Gasteiger partial charge in [0.25, 0.3) is 5.56 Å². The molecule has 0 radical (unpaired) electrons. The van der Waals surface area contributed by atoms with Gasteiger partial charge in [0.15, 0.2) is 0 Å². The third-order valence-electron chi connectivity index (χ3n) is 7.35. The van der Waals surface area contributed by atoms with Crippen LogP contribution in [0.2, 0.25) is 0 Å². The second-order valence-electron chi connectivity index (χ2n) is 10.3. The molecule has 1 N–H and O–H groups in total. The maximum atomic E-state index is 13.4. The first-order chi connectivity index (χ1) is 16.8. The Balaban J connectivity index is 1.50. The number of aryl methyl sites for hydroxylation is 2. The number of benzene rings is 1. The number of aromatic nitrogens is 3. The first kappa shape index (κ1) is 25.2. The van der Waals surface area contributed by atoms with Crippen molar-refractivity contribution in [2.45, 2.75) is 59.9 Å². The van der Waals surface area contributed by atoms with E-state index >= 15 is 0 Å². The highest BCUT2D eigenvalue weighted by molar-refractivity contribution is 5.89. The molecule has 1 saturated heterocycles. The number of carbonyl (C=O) groups excluding carboxylic acids is 1. The van der Waals surface area contributed by atoms with E-state index in [9.17, 15) is 9.59 Å². The van der Waals surface area contributed by atoms with E-state index in [1.165, 1.54) is 11.1 Å². The van der Waals surface area contributed by atoms with E-state index < -0.39 is 0 Å². The summed E-state index contributed by atoms with van der Waals surface area (Å²) < 4.78 is 3.45. The van der Waals surface area contributed by atoms with Gasteiger partial charge in [0.1, 0.15) is 6.04 Å². The molecule has 3 atom stereocenters. The van der Waals surface area contributed by atoms with E-state index in [1.807, 2.05) is 55.7 Å². The van der Waals surface area contributed by atoms with Gasteiger partial charge in [0.05, 0.1) is 17.3 Å². The minimum atomic E-state index is -0.359. The summed E-state index contributed by atoms with van der Waals surface area (Å²) in [5.41, 5.74) is 2.29. The van der Waals surface area contributed by atoms with Crippen LogP contribution >= 0.6 is 0 Å². The van der Waals surface area contributed by atoms with Gasteiger partial charge in [-0.1, -0.05) is 39.0 Å². The number of likely N-dealkylation sites (tertiary alicyclic amines) is 1. The summed E-state index contributed by atoms with van der Waals surface area (Å²) in [4.78, 5) is 29.2. The number of hydrogen-bond donors (Lipinski definition) is 1. The monoisotopic (exact) mass is 477 g/mol. The van der Waals surface area contributed by atoms with Gasteiger partial charge in [-0.25, -0.2) is 0 Å². The quantitative estimate of drug-likeness (QED) is 0.493. The van der Waals surface area contributed by atoms with Gasteiger partial charge in [-0.3, -0.25) is 9.59 Å². The fourth-order valence-corrected chi connectivity index (χ4v) is 5.89. The molecule has 0 saturated carbocycles. The molecular weight excluding hydrogens is 438 g/mol. The summed E-state index contributed by atoms with van der Waals surface area (Å²) in [5.74, 6) is 1.50. The van der Waals surface area contributed by atoms with Gasteiger partial charge in [-0.05, 0) is 63.6 Å². The van der Waals surface area contributed by atoms with Crippen molar-refractivity contribution < 1.29 is 4.79 Å². The molecule has 1 aromatic carbocycles. The molecule has 1 aliphatic rings. The Labute approximate surface area is 208 Å². The van der Waals surface area contributed by atoms with Crippen molar-refractivity contribution in [3.63, 3.8) is 0 Å². The van der Waals surface area contributed by atoms with Gasteiger partial charge in [-0.2, -0.15) is 9.78 Å². The number of fused-ring (bicyclic) bond motifs is 1. The van der Waals surface area contributed by atoms with E-state index in [1.54, 1.807) is 6.20 Å². The Hall–Kier alpha value is -2.93. The van der Waals surface area contributed by atoms with Crippen molar-refractivity contribution >= 4 is 16.7 Å². The lowest BCUT2D eigenvalue weighted by molar-refractivity contribution is -0.124. The molecule has 7 heteroatoms. The van der Waals surface area contributed by atoms with Crippen LogP contribution in [-0.2, 0) is 4.79 Å². The van der Waals surface area contributed by atoms with E-state index in [4.69, 9.17) is 0 Å². The molecule has 3 heterocycles. The van der Waals surface area contributed by atoms with Crippen molar-refractivity contribution in [3.05, 3.63) is 58.3 Å². The number of carbonyl (C=O) groups is 1. The van der Waals surface area contributed by atoms with E-state index in [2.05, 4.69) is 29.2 Å². The van der Waals surface area contributed by atoms with Crippen molar-refractivity contribution in [1.29, 1.82) is 0 Å². The lowest BCUT2D eigenvalue weighted by Crippen LogP contribution is -2.40. The standard InChI is InChI=1S/C28H39N5O2/c1-6-25(27(34)29-13-10-14-31-17-19(2)15-20(3)18-31)32-21(4)24-16-30-33(23-11-8-7-9-12-23)28(35)26(24)22(32)5/h7-9,11-12,16,19-20,25H,6,10,13-15,17-18H2,1-5H3,(H,29,34)/t19-,20+,25-/m0/s1. The highest BCUT2D eigenvalue weighted by atomic mass is 16.2. The summed E-state index contributed by atoms with van der Waals surface area (Å²) >= 11 is 0. The average molecular weight is 478 g/mol. The maximum Gasteiger partial charge on any atom is 0.281 e. The van der Waals surface area contributed by atoms with Crippen LogP contribution < -0.4 is 10.9 Å². The number of rotatable bonds is 8. The van der Waals surface area contributed by atoms with Crippen LogP contribution in [0.25, 0.3) is 16.5 Å². The number of nitrogens with zero attached hydrogens (tertiary/aromatic N) is 4. The summed E-state index contributed by atoms with van der Waals surface area (Å²) in [6, 6.07) is 9.07. The summed E-state index contributed by atoms with van der Waals surface area (Å²) in [7, 11) is 0. The zero-order valence-corrected chi connectivity index (χ0v) is 21.8. The van der Waals surface area contributed by atoms with Crippen molar-refractivity contribution in [1.82, 2.24) is 24.6 Å². The molecule has 3 aromatic rings. The Morgan fingerprint density at radius 1 is 1.11 bits per heavy atom. The topological polar surface area (TPSA) is 72.2 Å². The smallest absolute Gasteiger partial charge is 0.281 e. The van der Waals surface area contributed by atoms with E-state index in [0.29, 0.717) is 18.4 Å². The Morgan fingerprint density at radius 2 is 1.80 bits per heavy atom. The molecule has 35 heavy (non-hydrogen) atoms. The molecule has 7 nitrogen and oxygen atoms in total. The zero-order valence-electron chi connectivity index (χ0n) is 21.8. The van der Waals surface area contributed by atoms with Crippen LogP contribution in [0.4, 0.5) is 0 Å². The molecule has 0 spiro atoms. The van der Waals surface area contributed by atoms with Gasteiger partial charge in [0.2, 0.25) is 5.91 Å². The highest BCUT2D eigenvalue weighted by Gasteiger charge is 2.26. The Bertz CT molecular complexity index is 1220. The molecule has 1 amide bonds. The van der Waals surface area contributed by atoms with Crippen LogP contribution in [0.1, 0.15) is 57.5 Å². The second kappa shape index (κ2) is 10.8. The molecule has 4 rings (SSSR count). The van der Waals surface area contributed by atoms with Crippen molar-refractivity contribution in [3.8, 4) is 5.69 Å². The average Bonchev–Trinajstić information content (AvgIpc) is 3.08. The van der Waals surface area contributed by atoms with Gasteiger partial charge in [0, 0.05) is 36.4 Å². The third kappa shape index (κ3) is 5.20. The van der Waals surface area contributed by atoms with Crippen molar-refractivity contribution in [2.75, 3.05) is 26.2 Å². The van der Waals surface area contributed by atoms with Crippen LogP contribution in [0.5, 0.6) is 0 Å². The minimum absolute atomic E-state index is 0.00994. The lowest BCUT2D eigenvalue weighted by atomic mass is 9.92. The fraction of sp³-hybridized carbons (Fsp3) is 0.536. The highest BCUT2D eigenvalue weighted by Crippen LogP contribution is 2.28. The third-order valence-corrected chi connectivity index (χ3v) is 7.35. The minimum Gasteiger partial charge on any atom is -0.354 e. The first-order valence-electron chi connectivity index (χ1n) is 13.0. The van der Waals surface area contributed by atoms with Gasteiger partial charge < -0.3 is 14.8 Å². The Morgan fingerprint density at radius 3 is 2.46 bits per heavy atom. The Kier molecular flexibility index (Phi) is 7.75. The van der Waals surface area contributed by atoms with E-state index in [-0.39, 0.29) is 17.5 Å². The molecule has 0 aliphatic carbocycles. The zero-order chi connectivity index (χ0) is 25.1. The largest absolute Gasteiger partial charge is 0.354 e. The number of para-hydroxylation sites is 1. The molecular formula is C28H39N5O2. The first-order valence-corrected chi connectivity index (χ1v) is 13.0. The number of hydrogen-bond acceptors (Lipinski definition) is 4. The lowest BCUT2D eigenvalue weighted by Gasteiger charge is -2.35. The number of amides is 1. The SMILES string of the molecule is CC[C@@H](C(=O)NCCCN1C[C@H](C)C[C@H](C)C1)n1c(C)c2cnn(-c3ccccc3)c(=O)c2c1C. The molecule has 188 valence electrons. The van der Waals surface area contributed by atoms with Crippen LogP contribution in [0.15, 0.2) is 41.3 Å². The molecule has 0 bridgehead atoms. The molecule has 1 fully saturated rings. The normalized spacial score (nSPS) is 19.7. The number of piperidine rings is 1. The van der Waals surface area contributed by atoms with Crippen LogP contribution in [-0.4, -0.2) is 51.3 Å². The van der Waals surface area contributed by atoms with Gasteiger partial charge in [-0.15, -0.1) is 0 Å². The van der Waals surface area contributed by atoms with Gasteiger partial charge >= 0.3 is 0 Å². The molecule has 1 aliphatic heterocycles. The summed E-state index contributed by atoms with van der Waals surface area (Å²) in [6.45, 7) is 14.6. The predicted molar refractivity (Wildman–Crippen MR) is 141 cm³/mol. The summed E-state index contributed by atoms with van der Waals surface area (Å²) in [5, 5.41) is 9.01. The van der Waals surface area contributed by atoms with Crippen LogP contribution in [0.3, 0.4) is 0 Å². The maximum absolute atomic E-state index is 13.4. The van der Waals surface area contributed by atoms with E-state index in [0.717, 1.165) is 60.4 Å². The van der Waals surface area contributed by atoms with Crippen LogP contribution in [0, 0.1) is 25.7 Å². The molecule has 0 unspecified atom stereocenters. The fourth-order valence-electron chi connectivity index (χ4n) is 5.89. The van der Waals surface area contributed by atoms with Crippen molar-refractivity contribution in [2.24, 2.45) is 11.8 Å². The second-order valence-corrected chi connectivity index (χ2v) is 10.3. The predicted octanol–water partition coefficient (Wildman–Crippen LogP) is 4.24.